The van der Waals surface area contributed by atoms with Gasteiger partial charge in [0.05, 0.1) is 17.6 Å². The molecule has 1 aliphatic rings. The maximum absolute atomic E-state index is 12.2. The molecule has 26 heavy (non-hydrogen) atoms. The van der Waals surface area contributed by atoms with Crippen molar-refractivity contribution in [3.63, 3.8) is 0 Å². The Labute approximate surface area is 154 Å². The van der Waals surface area contributed by atoms with Crippen LogP contribution < -0.4 is 10.6 Å². The number of anilines is 1. The Bertz CT molecular complexity index is 752. The highest BCUT2D eigenvalue weighted by Gasteiger charge is 2.32. The molecule has 140 valence electrons. The van der Waals surface area contributed by atoms with E-state index in [1.54, 1.807) is 20.1 Å². The van der Waals surface area contributed by atoms with Crippen LogP contribution in [0.2, 0.25) is 0 Å². The third-order valence-corrected chi connectivity index (χ3v) is 4.61. The molecule has 0 aromatic heterocycles. The Morgan fingerprint density at radius 1 is 1.54 bits per heavy atom. The Morgan fingerprint density at radius 3 is 2.92 bits per heavy atom. The monoisotopic (exact) mass is 380 g/mol. The van der Waals surface area contributed by atoms with Gasteiger partial charge in [0.2, 0.25) is 11.8 Å². The fourth-order valence-electron chi connectivity index (χ4n) is 2.35. The first-order valence-electron chi connectivity index (χ1n) is 7.89. The average Bonchev–Trinajstić information content (AvgIpc) is 2.88. The second kappa shape index (κ2) is 8.77. The summed E-state index contributed by atoms with van der Waals surface area (Å²) in [6, 6.07) is 4.41. The number of carbonyl (C=O) groups is 2. The Morgan fingerprint density at radius 2 is 2.27 bits per heavy atom. The Kier molecular flexibility index (Phi) is 6.70. The molecule has 2 amide bonds. The number of methoxy groups -OCH3 is 1. The fraction of sp³-hybridized carbons (Fsp3) is 0.438. The molecule has 2 unspecified atom stereocenters. The standard InChI is InChI=1S/C16H20N4O5S/c1-9-4-5-11(12(6-9)20(23)24)18-14(21)7-13-15(22)19-16(26-13)17-10(2)8-25-3/h4-6,10,13H,7-8H2,1-3H3,(H,18,21)(H,17,19,22). The van der Waals surface area contributed by atoms with Crippen molar-refractivity contribution in [2.75, 3.05) is 19.0 Å². The number of aryl methyl sites for hydroxylation is 1. The lowest BCUT2D eigenvalue weighted by Gasteiger charge is -2.08. The number of carbonyl (C=O) groups excluding carboxylic acids is 2. The maximum Gasteiger partial charge on any atom is 0.293 e. The van der Waals surface area contributed by atoms with E-state index >= 15 is 0 Å². The van der Waals surface area contributed by atoms with Gasteiger partial charge in [-0.15, -0.1) is 0 Å². The first-order valence-corrected chi connectivity index (χ1v) is 8.77. The van der Waals surface area contributed by atoms with Crippen molar-refractivity contribution in [3.05, 3.63) is 33.9 Å². The van der Waals surface area contributed by atoms with Gasteiger partial charge in [0.15, 0.2) is 5.17 Å². The summed E-state index contributed by atoms with van der Waals surface area (Å²) >= 11 is 1.16. The highest BCUT2D eigenvalue weighted by molar-refractivity contribution is 8.15. The zero-order chi connectivity index (χ0) is 19.3. The first-order chi connectivity index (χ1) is 12.3. The minimum absolute atomic E-state index is 0.108. The van der Waals surface area contributed by atoms with Gasteiger partial charge in [-0.05, 0) is 25.5 Å². The summed E-state index contributed by atoms with van der Waals surface area (Å²) in [5.74, 6) is -0.789. The van der Waals surface area contributed by atoms with Gasteiger partial charge in [0.25, 0.3) is 5.69 Å². The number of hydrogen-bond donors (Lipinski definition) is 2. The molecule has 0 spiro atoms. The van der Waals surface area contributed by atoms with E-state index in [9.17, 15) is 19.7 Å². The fourth-order valence-corrected chi connectivity index (χ4v) is 3.42. The number of nitro benzene ring substituents is 1. The van der Waals surface area contributed by atoms with Crippen molar-refractivity contribution in [2.45, 2.75) is 31.6 Å². The summed E-state index contributed by atoms with van der Waals surface area (Å²) in [7, 11) is 1.56. The van der Waals surface area contributed by atoms with Crippen molar-refractivity contribution in [1.82, 2.24) is 5.32 Å². The van der Waals surface area contributed by atoms with Crippen LogP contribution in [-0.2, 0) is 14.3 Å². The van der Waals surface area contributed by atoms with E-state index in [4.69, 9.17) is 4.74 Å². The largest absolute Gasteiger partial charge is 0.382 e. The van der Waals surface area contributed by atoms with Crippen LogP contribution in [0.25, 0.3) is 0 Å². The quantitative estimate of drug-likeness (QED) is 0.550. The van der Waals surface area contributed by atoms with Crippen LogP contribution in [0.15, 0.2) is 23.2 Å². The number of amidine groups is 1. The van der Waals surface area contributed by atoms with Crippen molar-refractivity contribution in [1.29, 1.82) is 0 Å². The van der Waals surface area contributed by atoms with Gasteiger partial charge in [-0.2, -0.15) is 0 Å². The van der Waals surface area contributed by atoms with Crippen LogP contribution in [0.5, 0.6) is 0 Å². The number of ether oxygens (including phenoxy) is 1. The average molecular weight is 380 g/mol. The Hall–Kier alpha value is -2.46. The number of hydrogen-bond acceptors (Lipinski definition) is 7. The van der Waals surface area contributed by atoms with E-state index in [2.05, 4.69) is 15.6 Å². The number of thioether (sulfide) groups is 1. The van der Waals surface area contributed by atoms with Crippen molar-refractivity contribution in [3.8, 4) is 0 Å². The molecule has 0 bridgehead atoms. The number of nitrogens with zero attached hydrogens (tertiary/aromatic N) is 2. The van der Waals surface area contributed by atoms with Crippen LogP contribution in [-0.4, -0.2) is 46.9 Å². The second-order valence-electron chi connectivity index (χ2n) is 5.86. The van der Waals surface area contributed by atoms with E-state index in [0.29, 0.717) is 17.3 Å². The Balaban J connectivity index is 2.00. The SMILES string of the molecule is COCC(C)N=C1NC(=O)C(CC(=O)Nc2ccc(C)cc2[N+](=O)[O-])S1. The van der Waals surface area contributed by atoms with E-state index < -0.39 is 16.1 Å². The van der Waals surface area contributed by atoms with E-state index in [1.165, 1.54) is 12.1 Å². The van der Waals surface area contributed by atoms with Crippen LogP contribution in [0, 0.1) is 17.0 Å². The molecule has 1 aromatic rings. The summed E-state index contributed by atoms with van der Waals surface area (Å²) < 4.78 is 4.99. The molecule has 0 saturated carbocycles. The highest BCUT2D eigenvalue weighted by atomic mass is 32.2. The minimum Gasteiger partial charge on any atom is -0.382 e. The summed E-state index contributed by atoms with van der Waals surface area (Å²) in [4.78, 5) is 39.1. The molecule has 10 heteroatoms. The number of nitro groups is 1. The molecule has 2 N–H and O–H groups in total. The molecule has 2 atom stereocenters. The maximum atomic E-state index is 12.2. The van der Waals surface area contributed by atoms with Crippen molar-refractivity contribution in [2.24, 2.45) is 4.99 Å². The van der Waals surface area contributed by atoms with Gasteiger partial charge in [-0.1, -0.05) is 17.8 Å². The molecule has 0 aliphatic carbocycles. The minimum atomic E-state index is -0.631. The predicted octanol–water partition coefficient (Wildman–Crippen LogP) is 1.85. The van der Waals surface area contributed by atoms with Crippen molar-refractivity contribution >= 4 is 40.1 Å². The van der Waals surface area contributed by atoms with E-state index in [0.717, 1.165) is 11.8 Å². The zero-order valence-electron chi connectivity index (χ0n) is 14.6. The summed E-state index contributed by atoms with van der Waals surface area (Å²) in [5, 5.41) is 16.1. The van der Waals surface area contributed by atoms with Crippen LogP contribution in [0.4, 0.5) is 11.4 Å². The lowest BCUT2D eigenvalue weighted by Crippen LogP contribution is -2.28. The van der Waals surface area contributed by atoms with E-state index in [-0.39, 0.29) is 29.7 Å². The normalized spacial score (nSPS) is 19.3. The third-order valence-electron chi connectivity index (χ3n) is 3.52. The summed E-state index contributed by atoms with van der Waals surface area (Å²) in [6.45, 7) is 3.99. The molecule has 2 rings (SSSR count). The third kappa shape index (κ3) is 5.27. The van der Waals surface area contributed by atoms with Crippen LogP contribution in [0.1, 0.15) is 18.9 Å². The van der Waals surface area contributed by atoms with Gasteiger partial charge in [0, 0.05) is 19.6 Å². The predicted molar refractivity (Wildman–Crippen MR) is 99.4 cm³/mol. The molecule has 1 saturated heterocycles. The second-order valence-corrected chi connectivity index (χ2v) is 7.06. The van der Waals surface area contributed by atoms with Gasteiger partial charge in [-0.25, -0.2) is 0 Å². The molecule has 1 heterocycles. The number of benzene rings is 1. The van der Waals surface area contributed by atoms with Crippen molar-refractivity contribution < 1.29 is 19.2 Å². The number of amides is 2. The van der Waals surface area contributed by atoms with E-state index in [1.807, 2.05) is 6.92 Å². The molecule has 0 radical (unpaired) electrons. The van der Waals surface area contributed by atoms with Crippen LogP contribution >= 0.6 is 11.8 Å². The summed E-state index contributed by atoms with van der Waals surface area (Å²) in [5.41, 5.74) is 0.639. The first kappa shape index (κ1) is 19.9. The highest BCUT2D eigenvalue weighted by Crippen LogP contribution is 2.27. The molecular formula is C16H20N4O5S. The van der Waals surface area contributed by atoms with Gasteiger partial charge >= 0.3 is 0 Å². The summed E-state index contributed by atoms with van der Waals surface area (Å²) in [6.07, 6.45) is -0.112. The molecule has 1 aliphatic heterocycles. The lowest BCUT2D eigenvalue weighted by molar-refractivity contribution is -0.384. The molecule has 1 fully saturated rings. The molecular weight excluding hydrogens is 360 g/mol. The lowest BCUT2D eigenvalue weighted by atomic mass is 10.2. The van der Waals surface area contributed by atoms with Gasteiger partial charge < -0.3 is 15.4 Å². The zero-order valence-corrected chi connectivity index (χ0v) is 15.5. The molecule has 1 aromatic carbocycles. The van der Waals surface area contributed by atoms with Crippen LogP contribution in [0.3, 0.4) is 0 Å². The number of nitrogens with one attached hydrogen (secondary N) is 2. The van der Waals surface area contributed by atoms with Gasteiger partial charge in [0.1, 0.15) is 10.9 Å². The number of aliphatic imine (C=N–C) groups is 1. The smallest absolute Gasteiger partial charge is 0.293 e. The molecule has 9 nitrogen and oxygen atoms in total. The number of rotatable bonds is 7. The topological polar surface area (TPSA) is 123 Å². The van der Waals surface area contributed by atoms with Gasteiger partial charge in [-0.3, -0.25) is 24.7 Å².